The number of hydrogen-bond acceptors (Lipinski definition) is 5. The second-order valence-electron chi connectivity index (χ2n) is 6.26. The minimum absolute atomic E-state index is 0. The fourth-order valence-electron chi connectivity index (χ4n) is 3.57. The topological polar surface area (TPSA) is 68.5 Å². The Kier molecular flexibility index (Phi) is 5.86. The summed E-state index contributed by atoms with van der Waals surface area (Å²) in [6.07, 6.45) is 6.93. The third-order valence-corrected chi connectivity index (χ3v) is 5.14. The van der Waals surface area contributed by atoms with Crippen molar-refractivity contribution >= 4 is 24.0 Å². The molecular formula is C18H20Cl2N6. The van der Waals surface area contributed by atoms with Crippen molar-refractivity contribution in [2.45, 2.75) is 24.8 Å². The van der Waals surface area contributed by atoms with Crippen LogP contribution in [0.15, 0.2) is 49.2 Å². The van der Waals surface area contributed by atoms with Crippen molar-refractivity contribution in [2.75, 3.05) is 13.1 Å². The molecule has 0 amide bonds. The predicted molar refractivity (Wildman–Crippen MR) is 103 cm³/mol. The number of halogens is 2. The molecule has 1 aliphatic rings. The molecule has 1 saturated heterocycles. The lowest BCUT2D eigenvalue weighted by Gasteiger charge is -2.38. The minimum Gasteiger partial charge on any atom is -0.317 e. The van der Waals surface area contributed by atoms with Crippen LogP contribution in [0.5, 0.6) is 0 Å². The third kappa shape index (κ3) is 3.58. The van der Waals surface area contributed by atoms with Crippen LogP contribution in [-0.4, -0.2) is 37.8 Å². The second kappa shape index (κ2) is 8.12. The van der Waals surface area contributed by atoms with Gasteiger partial charge in [0.25, 0.3) is 0 Å². The van der Waals surface area contributed by atoms with Crippen molar-refractivity contribution < 1.29 is 0 Å². The van der Waals surface area contributed by atoms with E-state index in [-0.39, 0.29) is 17.8 Å². The number of hydrogen-bond donors (Lipinski definition) is 1. The molecule has 0 bridgehead atoms. The maximum absolute atomic E-state index is 6.57. The monoisotopic (exact) mass is 390 g/mol. The second-order valence-corrected chi connectivity index (χ2v) is 6.67. The lowest BCUT2D eigenvalue weighted by molar-refractivity contribution is 0.353. The van der Waals surface area contributed by atoms with Gasteiger partial charge in [-0.2, -0.15) is 5.10 Å². The lowest BCUT2D eigenvalue weighted by atomic mass is 9.70. The van der Waals surface area contributed by atoms with E-state index >= 15 is 0 Å². The van der Waals surface area contributed by atoms with Crippen molar-refractivity contribution in [3.05, 3.63) is 71.3 Å². The van der Waals surface area contributed by atoms with Gasteiger partial charge in [0.15, 0.2) is 0 Å². The van der Waals surface area contributed by atoms with E-state index in [1.807, 2.05) is 30.5 Å². The molecule has 4 rings (SSSR count). The molecule has 6 nitrogen and oxygen atoms in total. The molecule has 0 spiro atoms. The maximum Gasteiger partial charge on any atom is 0.150 e. The molecular weight excluding hydrogens is 371 g/mol. The number of rotatable bonds is 4. The van der Waals surface area contributed by atoms with Crippen LogP contribution in [0.1, 0.15) is 29.9 Å². The van der Waals surface area contributed by atoms with Gasteiger partial charge in [-0.1, -0.05) is 29.8 Å². The zero-order chi connectivity index (χ0) is 17.1. The molecule has 1 aliphatic heterocycles. The number of nitrogens with zero attached hydrogens (tertiary/aromatic N) is 5. The Balaban J connectivity index is 0.00000196. The van der Waals surface area contributed by atoms with Gasteiger partial charge in [-0.15, -0.1) is 12.4 Å². The first-order valence-electron chi connectivity index (χ1n) is 8.38. The van der Waals surface area contributed by atoms with E-state index in [4.69, 9.17) is 16.6 Å². The minimum atomic E-state index is -0.191. The SMILES string of the molecule is Cl.Clc1ccccc1C1(c2ccnc(Cn3cncn3)n2)CCNCC1. The first-order chi connectivity index (χ1) is 12.3. The highest BCUT2D eigenvalue weighted by Gasteiger charge is 2.38. The van der Waals surface area contributed by atoms with E-state index < -0.39 is 0 Å². The van der Waals surface area contributed by atoms with Gasteiger partial charge in [-0.3, -0.25) is 0 Å². The summed E-state index contributed by atoms with van der Waals surface area (Å²) in [5.41, 5.74) is 1.97. The van der Waals surface area contributed by atoms with E-state index in [1.54, 1.807) is 11.0 Å². The highest BCUT2D eigenvalue weighted by molar-refractivity contribution is 6.31. The molecule has 3 heterocycles. The molecule has 1 N–H and O–H groups in total. The Morgan fingerprint density at radius 1 is 1.15 bits per heavy atom. The quantitative estimate of drug-likeness (QED) is 0.741. The van der Waals surface area contributed by atoms with Crippen LogP contribution >= 0.6 is 24.0 Å². The fourth-order valence-corrected chi connectivity index (χ4v) is 3.88. The molecule has 1 fully saturated rings. The summed E-state index contributed by atoms with van der Waals surface area (Å²) in [5.74, 6) is 0.730. The van der Waals surface area contributed by atoms with Crippen LogP contribution in [-0.2, 0) is 12.0 Å². The van der Waals surface area contributed by atoms with E-state index in [9.17, 15) is 0 Å². The number of piperidine rings is 1. The van der Waals surface area contributed by atoms with Crippen LogP contribution in [0.25, 0.3) is 0 Å². The average Bonchev–Trinajstić information content (AvgIpc) is 3.16. The Bertz CT molecular complexity index is 846. The summed E-state index contributed by atoms with van der Waals surface area (Å²) < 4.78 is 1.73. The summed E-state index contributed by atoms with van der Waals surface area (Å²) in [7, 11) is 0. The van der Waals surface area contributed by atoms with Gasteiger partial charge >= 0.3 is 0 Å². The van der Waals surface area contributed by atoms with E-state index in [0.717, 1.165) is 48.0 Å². The molecule has 1 aromatic carbocycles. The van der Waals surface area contributed by atoms with E-state index in [1.165, 1.54) is 6.33 Å². The third-order valence-electron chi connectivity index (χ3n) is 4.81. The normalized spacial score (nSPS) is 16.0. The summed E-state index contributed by atoms with van der Waals surface area (Å²) in [6.45, 7) is 2.38. The number of benzene rings is 1. The zero-order valence-corrected chi connectivity index (χ0v) is 15.7. The van der Waals surface area contributed by atoms with Gasteiger partial charge in [0.05, 0.1) is 5.69 Å². The van der Waals surface area contributed by atoms with Crippen LogP contribution in [0.3, 0.4) is 0 Å². The molecule has 8 heteroatoms. The molecule has 2 aromatic heterocycles. The largest absolute Gasteiger partial charge is 0.317 e. The molecule has 0 saturated carbocycles. The Morgan fingerprint density at radius 3 is 2.69 bits per heavy atom. The van der Waals surface area contributed by atoms with Gasteiger partial charge in [0, 0.05) is 16.6 Å². The number of aromatic nitrogens is 5. The van der Waals surface area contributed by atoms with Crippen molar-refractivity contribution in [3.63, 3.8) is 0 Å². The van der Waals surface area contributed by atoms with Crippen molar-refractivity contribution in [3.8, 4) is 0 Å². The maximum atomic E-state index is 6.57. The van der Waals surface area contributed by atoms with Gasteiger partial charge in [-0.05, 0) is 43.6 Å². The Labute approximate surface area is 163 Å². The molecule has 0 aliphatic carbocycles. The van der Waals surface area contributed by atoms with Gasteiger partial charge in [-0.25, -0.2) is 19.6 Å². The van der Waals surface area contributed by atoms with E-state index in [2.05, 4.69) is 26.4 Å². The molecule has 136 valence electrons. The van der Waals surface area contributed by atoms with Gasteiger partial charge in [0.1, 0.15) is 25.0 Å². The van der Waals surface area contributed by atoms with Crippen LogP contribution in [0, 0.1) is 0 Å². The van der Waals surface area contributed by atoms with Crippen molar-refractivity contribution in [1.29, 1.82) is 0 Å². The van der Waals surface area contributed by atoms with Crippen molar-refractivity contribution in [2.24, 2.45) is 0 Å². The highest BCUT2D eigenvalue weighted by Crippen LogP contribution is 2.42. The fraction of sp³-hybridized carbons (Fsp3) is 0.333. The van der Waals surface area contributed by atoms with Gasteiger partial charge in [0.2, 0.25) is 0 Å². The lowest BCUT2D eigenvalue weighted by Crippen LogP contribution is -2.41. The summed E-state index contributed by atoms with van der Waals surface area (Å²) in [6, 6.07) is 10.1. The average molecular weight is 391 g/mol. The van der Waals surface area contributed by atoms with Crippen molar-refractivity contribution in [1.82, 2.24) is 30.0 Å². The van der Waals surface area contributed by atoms with E-state index in [0.29, 0.717) is 6.54 Å². The first kappa shape index (κ1) is 18.8. The molecule has 0 radical (unpaired) electrons. The van der Waals surface area contributed by atoms with Gasteiger partial charge < -0.3 is 5.32 Å². The standard InChI is InChI=1S/C18H19ClN6.ClH/c19-15-4-2-1-3-14(15)18(6-9-20-10-7-18)16-5-8-22-17(24-16)11-25-13-21-12-23-25;/h1-5,8,12-13,20H,6-7,9-11H2;1H. The Hall–Kier alpha value is -2.02. The van der Waals surface area contributed by atoms with Crippen LogP contribution in [0.2, 0.25) is 5.02 Å². The zero-order valence-electron chi connectivity index (χ0n) is 14.2. The first-order valence-corrected chi connectivity index (χ1v) is 8.76. The molecule has 26 heavy (non-hydrogen) atoms. The molecule has 3 aromatic rings. The van der Waals surface area contributed by atoms with Crippen LogP contribution < -0.4 is 5.32 Å². The van der Waals surface area contributed by atoms with Crippen LogP contribution in [0.4, 0.5) is 0 Å². The predicted octanol–water partition coefficient (Wildman–Crippen LogP) is 2.86. The summed E-state index contributed by atoms with van der Waals surface area (Å²) >= 11 is 6.57. The summed E-state index contributed by atoms with van der Waals surface area (Å²) in [4.78, 5) is 13.3. The molecule has 0 unspecified atom stereocenters. The highest BCUT2D eigenvalue weighted by atomic mass is 35.5. The molecule has 0 atom stereocenters. The Morgan fingerprint density at radius 2 is 1.96 bits per heavy atom. The smallest absolute Gasteiger partial charge is 0.150 e. The number of nitrogens with one attached hydrogen (secondary N) is 1. The summed E-state index contributed by atoms with van der Waals surface area (Å²) in [5, 5.41) is 8.37.